The van der Waals surface area contributed by atoms with Crippen LogP contribution in [0.15, 0.2) is 121 Å². The first-order valence-corrected chi connectivity index (χ1v) is 17.9. The van der Waals surface area contributed by atoms with Gasteiger partial charge in [-0.25, -0.2) is 0 Å². The summed E-state index contributed by atoms with van der Waals surface area (Å²) >= 11 is 0. The van der Waals surface area contributed by atoms with Crippen molar-refractivity contribution in [2.45, 2.75) is 80.1 Å². The summed E-state index contributed by atoms with van der Waals surface area (Å²) in [6.07, 6.45) is 6.04. The van der Waals surface area contributed by atoms with Crippen LogP contribution < -0.4 is 0 Å². The molecule has 0 saturated carbocycles. The third-order valence-corrected chi connectivity index (χ3v) is 3.95. The molecule has 0 atom stereocenters. The quantitative estimate of drug-likeness (QED) is 0.105. The van der Waals surface area contributed by atoms with Crippen molar-refractivity contribution in [2.24, 2.45) is 0 Å². The molecule has 0 aliphatic carbocycles. The number of ketones is 4. The molecule has 0 fully saturated rings. The van der Waals surface area contributed by atoms with Crippen molar-refractivity contribution in [1.29, 1.82) is 0 Å². The normalized spacial score (nSPS) is 6.61. The molecule has 4 N–H and O–H groups in total. The maximum absolute atomic E-state index is 10.4. The molecule has 14 heteroatoms. The van der Waals surface area contributed by atoms with Crippen molar-refractivity contribution < 1.29 is 153 Å². The molecule has 342 valence electrons. The molecule has 0 heterocycles. The fourth-order valence-electron chi connectivity index (χ4n) is 1.99. The van der Waals surface area contributed by atoms with E-state index in [2.05, 4.69) is 52.0 Å². The molecule has 4 rings (SSSR count). The predicted octanol–water partition coefficient (Wildman–Crippen LogP) is 7.93. The van der Waals surface area contributed by atoms with Crippen LogP contribution in [0.1, 0.15) is 80.1 Å². The Morgan fingerprint density at radius 1 is 0.484 bits per heavy atom. The number of benzene rings is 4. The molecule has 0 bridgehead atoms. The van der Waals surface area contributed by atoms with Crippen LogP contribution in [-0.4, -0.2) is 84.6 Å². The van der Waals surface area contributed by atoms with Crippen molar-refractivity contribution in [3.05, 3.63) is 159 Å². The Balaban J connectivity index is -0.0000000388. The van der Waals surface area contributed by atoms with E-state index in [-0.39, 0.29) is 139 Å². The molecule has 0 amide bonds. The van der Waals surface area contributed by atoms with Gasteiger partial charge in [0.25, 0.3) is 0 Å². The molecule has 0 aliphatic heterocycles. The predicted molar refractivity (Wildman–Crippen MR) is 238 cm³/mol. The number of Topliss-reactive ketones (excluding diaryl/α,β-unsaturated/α-hetero) is 4. The number of carbonyl (C=O) groups is 4. The Hall–Kier alpha value is -2.09. The molecule has 4 aromatic rings. The molecule has 10 nitrogen and oxygen atoms in total. The molecular weight excluding hydrogens is 1300 g/mol. The molecule has 62 heavy (non-hydrogen) atoms. The van der Waals surface area contributed by atoms with Crippen LogP contribution in [0.4, 0.5) is 0 Å². The second kappa shape index (κ2) is 112. The van der Waals surface area contributed by atoms with E-state index in [4.69, 9.17) is 30.0 Å². The zero-order valence-electron chi connectivity index (χ0n) is 38.4. The first-order valence-electron chi connectivity index (χ1n) is 17.9. The fraction of sp³-hybridized carbons (Fsp3) is 0.333. The molecule has 0 aliphatic rings. The molecule has 0 aromatic heterocycles. The van der Waals surface area contributed by atoms with E-state index in [1.165, 1.54) is 13.3 Å². The summed E-state index contributed by atoms with van der Waals surface area (Å²) in [6, 6.07) is 50.0. The van der Waals surface area contributed by atoms with Gasteiger partial charge in [-0.3, -0.25) is 22.2 Å². The Morgan fingerprint density at radius 2 is 0.661 bits per heavy atom. The third kappa shape index (κ3) is 163. The van der Waals surface area contributed by atoms with E-state index in [0.717, 1.165) is 28.4 Å². The van der Waals surface area contributed by atoms with Crippen LogP contribution in [0.3, 0.4) is 0 Å². The van der Waals surface area contributed by atoms with Gasteiger partial charge in [-0.2, -0.15) is 158 Å². The Kier molecular flexibility index (Phi) is 171. The third-order valence-electron chi connectivity index (χ3n) is 3.95. The largest absolute Gasteiger partial charge is 2.00 e. The van der Waals surface area contributed by atoms with Gasteiger partial charge < -0.3 is 53.5 Å². The Morgan fingerprint density at radius 3 is 0.694 bits per heavy atom. The Bertz CT molecular complexity index is 1000. The summed E-state index contributed by atoms with van der Waals surface area (Å²) in [6.45, 7) is 16.9. The minimum absolute atomic E-state index is 0. The summed E-state index contributed by atoms with van der Waals surface area (Å²) in [5.74, 6) is -0.769. The van der Waals surface area contributed by atoms with Crippen molar-refractivity contribution in [3.8, 4) is 0 Å². The van der Waals surface area contributed by atoms with E-state index in [1.54, 1.807) is 33.3 Å². The first kappa shape index (κ1) is 94.5. The number of aliphatic hydroxyl groups is 4. The zero-order chi connectivity index (χ0) is 46.9. The second-order valence-corrected chi connectivity index (χ2v) is 9.04. The average molecular weight is 1370 g/mol. The van der Waals surface area contributed by atoms with Crippen LogP contribution in [0.2, 0.25) is 0 Å². The van der Waals surface area contributed by atoms with Crippen molar-refractivity contribution in [1.82, 2.24) is 0 Å². The van der Waals surface area contributed by atoms with Crippen molar-refractivity contribution in [3.63, 3.8) is 0 Å². The summed E-state index contributed by atoms with van der Waals surface area (Å²) < 4.78 is 0. The van der Waals surface area contributed by atoms with Crippen LogP contribution in [0.5, 0.6) is 0 Å². The van der Waals surface area contributed by atoms with Gasteiger partial charge in [0.05, 0.1) is 0 Å². The first-order chi connectivity index (χ1) is 28.0. The van der Waals surface area contributed by atoms with Gasteiger partial charge >= 0.3 is 70.7 Å². The number of rotatable bonds is 7. The van der Waals surface area contributed by atoms with Crippen LogP contribution in [0.25, 0.3) is 0 Å². The minimum Gasteiger partial charge on any atom is -0.542 e. The number of hydrogen-bond acceptors (Lipinski definition) is 10. The summed E-state index contributed by atoms with van der Waals surface area (Å²) in [7, 11) is 4.00. The molecule has 0 spiro atoms. The molecular formula is C48H70O10UVWY-2. The monoisotopic (exact) mass is 1370 g/mol. The smallest absolute Gasteiger partial charge is 0.542 e. The average Bonchev–Trinajstić information content (AvgIpc) is 3.29. The summed E-state index contributed by atoms with van der Waals surface area (Å²) in [5.41, 5.74) is 0. The van der Waals surface area contributed by atoms with Gasteiger partial charge in [0.15, 0.2) is 0 Å². The molecule has 2 radical (unpaired) electrons. The van der Waals surface area contributed by atoms with E-state index < -0.39 is 0 Å². The van der Waals surface area contributed by atoms with Crippen LogP contribution >= 0.6 is 0 Å². The van der Waals surface area contributed by atoms with Gasteiger partial charge in [0.1, 0.15) is 11.6 Å². The van der Waals surface area contributed by atoms with Gasteiger partial charge in [-0.15, -0.1) is 0 Å². The zero-order valence-corrected chi connectivity index (χ0v) is 49.7. The maximum Gasteiger partial charge on any atom is 2.00 e. The topological polar surface area (TPSA) is 183 Å². The van der Waals surface area contributed by atoms with Gasteiger partial charge in [-0.1, -0.05) is 41.0 Å². The number of hydrogen-bond donors (Lipinski definition) is 4. The van der Waals surface area contributed by atoms with Gasteiger partial charge in [0, 0.05) is 92.0 Å². The molecule has 4 aromatic carbocycles. The standard InChI is InChI=1S/C6H9O2.4C6H5.C5H7O2.2C3H5O.C3H8.4CH4O.U.V.W.Y/c1-3-6(8)4-5(2)7;4*1-2-4-6-5-3-1;1-4(6)3-5(2)7;2*1-2-3-4;1-3-2;4*1-2;;;;/h2-4H2,1H3;4*1-5H;1,3H2,2H3;2*2H2,1H3;3H2,1-2H3;4*2H,1H3;;;;/q8*-1;;;;;;3*+2;. The molecule has 0 saturated heterocycles. The fourth-order valence-corrected chi connectivity index (χ4v) is 1.99. The van der Waals surface area contributed by atoms with Gasteiger partial charge in [-0.05, 0) is 6.92 Å². The van der Waals surface area contributed by atoms with Crippen LogP contribution in [-0.2, 0) is 101 Å². The molecule has 0 unspecified atom stereocenters. The summed E-state index contributed by atoms with van der Waals surface area (Å²) in [4.78, 5) is 58.5. The number of aliphatic hydroxyl groups excluding tert-OH is 4. The minimum atomic E-state index is -0.312. The van der Waals surface area contributed by atoms with E-state index in [9.17, 15) is 19.2 Å². The van der Waals surface area contributed by atoms with E-state index >= 15 is 0 Å². The number of carbonyl (C=O) groups excluding carboxylic acids is 6. The maximum atomic E-state index is 10.4. The SMILES string of the molecule is CCC.CC[C-]=O.CC[C-]=O.CO.CO.CO.CO.[CH2-]C(=O)CC(=O)CC.[CH2-]C(=O)CC(C)=O.[U+2].[V+2].[W+2].[Y].[c-]1ccccc1.[c-]1ccccc1.[c-]1ccccc1.[c-]1ccccc1. The Labute approximate surface area is 451 Å². The van der Waals surface area contributed by atoms with Crippen molar-refractivity contribution >= 4 is 35.7 Å². The van der Waals surface area contributed by atoms with Crippen molar-refractivity contribution in [2.75, 3.05) is 28.4 Å². The summed E-state index contributed by atoms with van der Waals surface area (Å²) in [5, 5.41) is 28.0. The van der Waals surface area contributed by atoms with Crippen LogP contribution in [0, 0.1) is 69.2 Å². The van der Waals surface area contributed by atoms with Gasteiger partial charge in [0.2, 0.25) is 0 Å². The van der Waals surface area contributed by atoms with E-state index in [1.807, 2.05) is 121 Å². The second-order valence-electron chi connectivity index (χ2n) is 9.04. The van der Waals surface area contributed by atoms with E-state index in [0.29, 0.717) is 19.3 Å².